The van der Waals surface area contributed by atoms with Crippen LogP contribution in [0.25, 0.3) is 0 Å². The summed E-state index contributed by atoms with van der Waals surface area (Å²) in [6.45, 7) is 3.74. The van der Waals surface area contributed by atoms with Crippen molar-refractivity contribution in [1.29, 1.82) is 0 Å². The number of non-ortho nitro benzene ring substituents is 1. The number of aliphatic hydroxyl groups excluding tert-OH is 1. The molecule has 2 rings (SSSR count). The van der Waals surface area contributed by atoms with E-state index in [2.05, 4.69) is 0 Å². The third-order valence-corrected chi connectivity index (χ3v) is 3.56. The van der Waals surface area contributed by atoms with E-state index >= 15 is 0 Å². The molecule has 1 saturated heterocycles. The van der Waals surface area contributed by atoms with E-state index in [-0.39, 0.29) is 11.6 Å². The maximum Gasteiger partial charge on any atom is 0.272 e. The molecule has 0 amide bonds. The average Bonchev–Trinajstić information content (AvgIpc) is 2.33. The van der Waals surface area contributed by atoms with Gasteiger partial charge in [-0.2, -0.15) is 0 Å². The van der Waals surface area contributed by atoms with Crippen molar-refractivity contribution in [1.82, 2.24) is 4.90 Å². The molecule has 1 fully saturated rings. The van der Waals surface area contributed by atoms with Crippen LogP contribution in [0.1, 0.15) is 18.9 Å². The van der Waals surface area contributed by atoms with Crippen molar-refractivity contribution in [2.45, 2.75) is 26.0 Å². The molecule has 1 aliphatic heterocycles. The Morgan fingerprint density at radius 3 is 2.89 bits per heavy atom. The van der Waals surface area contributed by atoms with Crippen molar-refractivity contribution in [3.63, 3.8) is 0 Å². The van der Waals surface area contributed by atoms with E-state index in [1.807, 2.05) is 11.8 Å². The lowest BCUT2D eigenvalue weighted by Gasteiger charge is -2.34. The summed E-state index contributed by atoms with van der Waals surface area (Å²) in [6, 6.07) is 3.60. The number of nitro groups is 1. The summed E-state index contributed by atoms with van der Waals surface area (Å²) in [4.78, 5) is 12.1. The van der Waals surface area contributed by atoms with Gasteiger partial charge < -0.3 is 5.11 Å². The van der Waals surface area contributed by atoms with Crippen molar-refractivity contribution in [2.75, 3.05) is 13.1 Å². The van der Waals surface area contributed by atoms with Crippen molar-refractivity contribution in [3.8, 4) is 0 Å². The second-order valence-electron chi connectivity index (χ2n) is 5.14. The summed E-state index contributed by atoms with van der Waals surface area (Å²) >= 11 is 0. The molecule has 1 aromatic rings. The summed E-state index contributed by atoms with van der Waals surface area (Å²) in [5.41, 5.74) is 0.328. The van der Waals surface area contributed by atoms with E-state index in [4.69, 9.17) is 0 Å². The smallest absolute Gasteiger partial charge is 0.272 e. The van der Waals surface area contributed by atoms with Gasteiger partial charge in [-0.05, 0) is 30.5 Å². The highest BCUT2D eigenvalue weighted by Gasteiger charge is 2.24. The molecule has 5 nitrogen and oxygen atoms in total. The van der Waals surface area contributed by atoms with E-state index < -0.39 is 16.8 Å². The fourth-order valence-electron chi connectivity index (χ4n) is 2.35. The third-order valence-electron chi connectivity index (χ3n) is 3.56. The molecule has 0 bridgehead atoms. The molecule has 0 radical (unpaired) electrons. The summed E-state index contributed by atoms with van der Waals surface area (Å²) < 4.78 is 13.3. The Hall–Kier alpha value is -1.53. The van der Waals surface area contributed by atoms with Gasteiger partial charge in [0.05, 0.1) is 17.1 Å². The topological polar surface area (TPSA) is 66.6 Å². The lowest BCUT2D eigenvalue weighted by molar-refractivity contribution is -0.385. The number of benzene rings is 1. The fourth-order valence-corrected chi connectivity index (χ4v) is 2.35. The van der Waals surface area contributed by atoms with Crippen molar-refractivity contribution >= 4 is 5.69 Å². The molecule has 1 aromatic carbocycles. The Morgan fingerprint density at radius 2 is 2.26 bits per heavy atom. The Labute approximate surface area is 110 Å². The van der Waals surface area contributed by atoms with Gasteiger partial charge in [0.1, 0.15) is 5.82 Å². The average molecular weight is 268 g/mol. The predicted molar refractivity (Wildman–Crippen MR) is 68.1 cm³/mol. The SMILES string of the molecule is CC1CCN(Cc2cc(F)cc([N+](=O)[O-])c2)CC1O. The Balaban J connectivity index is 2.09. The zero-order valence-electron chi connectivity index (χ0n) is 10.8. The van der Waals surface area contributed by atoms with Crippen LogP contribution in [0.15, 0.2) is 18.2 Å². The molecule has 2 unspecified atom stereocenters. The van der Waals surface area contributed by atoms with Crippen LogP contribution >= 0.6 is 0 Å². The molecule has 0 spiro atoms. The second-order valence-corrected chi connectivity index (χ2v) is 5.14. The number of aliphatic hydroxyl groups is 1. The zero-order chi connectivity index (χ0) is 14.0. The first-order valence-corrected chi connectivity index (χ1v) is 6.30. The maximum atomic E-state index is 13.3. The summed E-state index contributed by atoms with van der Waals surface area (Å²) in [6.07, 6.45) is 0.482. The largest absolute Gasteiger partial charge is 0.392 e. The molecule has 2 atom stereocenters. The van der Waals surface area contributed by atoms with E-state index in [0.717, 1.165) is 19.0 Å². The molecular weight excluding hydrogens is 251 g/mol. The Bertz CT molecular complexity index is 481. The van der Waals surface area contributed by atoms with E-state index in [1.165, 1.54) is 12.1 Å². The number of nitro benzene ring substituents is 1. The summed E-state index contributed by atoms with van der Waals surface area (Å²) in [5.74, 6) is -0.340. The molecule has 0 aromatic heterocycles. The highest BCUT2D eigenvalue weighted by Crippen LogP contribution is 2.21. The van der Waals surface area contributed by atoms with Gasteiger partial charge in [0.25, 0.3) is 5.69 Å². The minimum absolute atomic E-state index is 0.235. The minimum Gasteiger partial charge on any atom is -0.392 e. The van der Waals surface area contributed by atoms with Gasteiger partial charge in [0.15, 0.2) is 0 Å². The second kappa shape index (κ2) is 5.63. The fraction of sp³-hybridized carbons (Fsp3) is 0.538. The van der Waals surface area contributed by atoms with E-state index in [0.29, 0.717) is 18.7 Å². The molecule has 6 heteroatoms. The lowest BCUT2D eigenvalue weighted by atomic mass is 9.96. The van der Waals surface area contributed by atoms with Crippen LogP contribution in [-0.2, 0) is 6.54 Å². The molecule has 0 aliphatic carbocycles. The number of piperidine rings is 1. The molecule has 104 valence electrons. The first-order valence-electron chi connectivity index (χ1n) is 6.30. The number of hydrogen-bond donors (Lipinski definition) is 1. The van der Waals surface area contributed by atoms with Crippen LogP contribution in [0.5, 0.6) is 0 Å². The molecule has 19 heavy (non-hydrogen) atoms. The van der Waals surface area contributed by atoms with Crippen LogP contribution in [0.4, 0.5) is 10.1 Å². The molecule has 1 aliphatic rings. The number of halogens is 1. The zero-order valence-corrected chi connectivity index (χ0v) is 10.8. The van der Waals surface area contributed by atoms with Crippen LogP contribution in [0.2, 0.25) is 0 Å². The highest BCUT2D eigenvalue weighted by atomic mass is 19.1. The molecule has 1 heterocycles. The van der Waals surface area contributed by atoms with Gasteiger partial charge in [-0.1, -0.05) is 6.92 Å². The number of nitrogens with zero attached hydrogens (tertiary/aromatic N) is 2. The van der Waals surface area contributed by atoms with Crippen LogP contribution in [0.3, 0.4) is 0 Å². The van der Waals surface area contributed by atoms with Crippen molar-refractivity contribution < 1.29 is 14.4 Å². The minimum atomic E-state index is -0.602. The number of rotatable bonds is 3. The van der Waals surface area contributed by atoms with Crippen LogP contribution in [0, 0.1) is 21.8 Å². The number of likely N-dealkylation sites (tertiary alicyclic amines) is 1. The molecule has 1 N–H and O–H groups in total. The van der Waals surface area contributed by atoms with Gasteiger partial charge in [-0.3, -0.25) is 15.0 Å². The quantitative estimate of drug-likeness (QED) is 0.672. The first-order chi connectivity index (χ1) is 8.95. The summed E-state index contributed by atoms with van der Waals surface area (Å²) in [5, 5.41) is 20.5. The van der Waals surface area contributed by atoms with Crippen LogP contribution in [-0.4, -0.2) is 34.1 Å². The lowest BCUT2D eigenvalue weighted by Crippen LogP contribution is -2.42. The van der Waals surface area contributed by atoms with Crippen molar-refractivity contribution in [2.24, 2.45) is 5.92 Å². The Kier molecular flexibility index (Phi) is 4.11. The van der Waals surface area contributed by atoms with Gasteiger partial charge in [-0.15, -0.1) is 0 Å². The normalized spacial score (nSPS) is 24.4. The molecular formula is C13H17FN2O3. The van der Waals surface area contributed by atoms with Gasteiger partial charge >= 0.3 is 0 Å². The van der Waals surface area contributed by atoms with E-state index in [1.54, 1.807) is 0 Å². The van der Waals surface area contributed by atoms with Crippen molar-refractivity contribution in [3.05, 3.63) is 39.7 Å². The van der Waals surface area contributed by atoms with E-state index in [9.17, 15) is 19.6 Å². The molecule has 0 saturated carbocycles. The third kappa shape index (κ3) is 3.48. The standard InChI is InChI=1S/C13H17FN2O3/c1-9-2-3-15(8-13(9)17)7-10-4-11(14)6-12(5-10)16(18)19/h4-6,9,13,17H,2-3,7-8H2,1H3. The van der Waals surface area contributed by atoms with Crippen LogP contribution < -0.4 is 0 Å². The maximum absolute atomic E-state index is 13.3. The number of β-amino-alcohol motifs (C(OH)–C–C–N with tert-alkyl or cyclic N) is 1. The number of hydrogen-bond acceptors (Lipinski definition) is 4. The first kappa shape index (κ1) is 13.9. The van der Waals surface area contributed by atoms with Gasteiger partial charge in [0.2, 0.25) is 0 Å². The van der Waals surface area contributed by atoms with Gasteiger partial charge in [-0.25, -0.2) is 4.39 Å². The monoisotopic (exact) mass is 268 g/mol. The Morgan fingerprint density at radius 1 is 1.53 bits per heavy atom. The van der Waals surface area contributed by atoms with Gasteiger partial charge in [0, 0.05) is 19.2 Å². The highest BCUT2D eigenvalue weighted by molar-refractivity contribution is 5.35. The predicted octanol–water partition coefficient (Wildman–Crippen LogP) is 1.94. The summed E-state index contributed by atoms with van der Waals surface area (Å²) in [7, 11) is 0.